The molecule has 2 heteroatoms. The van der Waals surface area contributed by atoms with Gasteiger partial charge in [0.1, 0.15) is 13.1 Å². The summed E-state index contributed by atoms with van der Waals surface area (Å²) in [4.78, 5) is 0. The number of halogens is 1. The molecule has 0 atom stereocenters. The van der Waals surface area contributed by atoms with Crippen LogP contribution in [-0.2, 0) is 11.6 Å². The summed E-state index contributed by atoms with van der Waals surface area (Å²) >= 11 is 0. The third kappa shape index (κ3) is 3.22. The third-order valence-electron chi connectivity index (χ3n) is 3.28. The Labute approximate surface area is 109 Å². The lowest BCUT2D eigenvalue weighted by Crippen LogP contribution is -2.27. The van der Waals surface area contributed by atoms with Crippen molar-refractivity contribution in [2.45, 2.75) is 25.5 Å². The van der Waals surface area contributed by atoms with Crippen LogP contribution in [0.3, 0.4) is 0 Å². The average Bonchev–Trinajstić information content (AvgIpc) is 2.38. The van der Waals surface area contributed by atoms with E-state index in [9.17, 15) is 4.39 Å². The predicted molar refractivity (Wildman–Crippen MR) is 75.3 cm³/mol. The molecule has 0 aliphatic carbocycles. The number of hydrogen-bond donors (Lipinski definition) is 0. The molecule has 0 saturated heterocycles. The second kappa shape index (κ2) is 5.39. The minimum atomic E-state index is -0.183. The first-order valence-electron chi connectivity index (χ1n) is 6.22. The number of benzene rings is 2. The van der Waals surface area contributed by atoms with Gasteiger partial charge in [0.05, 0.1) is 0 Å². The van der Waals surface area contributed by atoms with Crippen molar-refractivity contribution in [1.82, 2.24) is 0 Å². The molecule has 0 N–H and O–H groups in total. The van der Waals surface area contributed by atoms with Crippen molar-refractivity contribution in [3.05, 3.63) is 71.5 Å². The molecule has 0 nitrogen and oxygen atoms in total. The van der Waals surface area contributed by atoms with Gasteiger partial charge in [-0.3, -0.25) is 0 Å². The summed E-state index contributed by atoms with van der Waals surface area (Å²) in [7, 11) is 2.27. The van der Waals surface area contributed by atoms with Gasteiger partial charge in [-0.1, -0.05) is 73.8 Å². The highest BCUT2D eigenvalue weighted by atomic mass is 19.1. The van der Waals surface area contributed by atoms with Crippen LogP contribution in [0.25, 0.3) is 0 Å². The summed E-state index contributed by atoms with van der Waals surface area (Å²) in [5.74, 6) is -0.183. The van der Waals surface area contributed by atoms with Crippen LogP contribution in [0, 0.1) is 5.82 Å². The zero-order chi connectivity index (χ0) is 13.0. The lowest BCUT2D eigenvalue weighted by atomic mass is 9.49. The van der Waals surface area contributed by atoms with E-state index in [1.54, 1.807) is 0 Å². The van der Waals surface area contributed by atoms with Crippen molar-refractivity contribution in [2.75, 3.05) is 0 Å². The second-order valence-electron chi connectivity index (χ2n) is 5.12. The molecule has 18 heavy (non-hydrogen) atoms. The highest BCUT2D eigenvalue weighted by Gasteiger charge is 2.21. The van der Waals surface area contributed by atoms with Crippen LogP contribution in [0.1, 0.15) is 25.0 Å². The summed E-state index contributed by atoms with van der Waals surface area (Å²) in [6.07, 6.45) is 0.922. The van der Waals surface area contributed by atoms with E-state index in [0.29, 0.717) is 0 Å². The molecule has 2 aromatic rings. The zero-order valence-corrected chi connectivity index (χ0v) is 10.9. The largest absolute Gasteiger partial charge is 0.207 e. The van der Waals surface area contributed by atoms with Crippen LogP contribution in [0.5, 0.6) is 0 Å². The summed E-state index contributed by atoms with van der Waals surface area (Å²) in [5.41, 5.74) is 2.44. The Morgan fingerprint density at radius 1 is 0.944 bits per heavy atom. The average molecular weight is 239 g/mol. The first kappa shape index (κ1) is 12.9. The van der Waals surface area contributed by atoms with E-state index < -0.39 is 0 Å². The van der Waals surface area contributed by atoms with E-state index in [2.05, 4.69) is 33.3 Å². The van der Waals surface area contributed by atoms with Crippen LogP contribution >= 0.6 is 0 Å². The van der Waals surface area contributed by atoms with Crippen molar-refractivity contribution in [1.29, 1.82) is 0 Å². The smallest absolute Gasteiger partial charge is 0.128 e. The van der Waals surface area contributed by atoms with Gasteiger partial charge in [-0.05, 0) is 17.4 Å². The fourth-order valence-corrected chi connectivity index (χ4v) is 1.98. The zero-order valence-electron chi connectivity index (χ0n) is 10.9. The molecule has 0 aromatic heterocycles. The van der Waals surface area contributed by atoms with Crippen LogP contribution < -0.4 is 0 Å². The first-order chi connectivity index (χ1) is 8.58. The predicted octanol–water partition coefficient (Wildman–Crippen LogP) is 3.97. The summed E-state index contributed by atoms with van der Waals surface area (Å²) in [5, 5.41) is -0.0520. The summed E-state index contributed by atoms with van der Waals surface area (Å²) in [6.45, 7) is 4.31. The molecule has 0 fully saturated rings. The molecule has 0 bridgehead atoms. The van der Waals surface area contributed by atoms with Gasteiger partial charge in [-0.25, -0.2) is 4.39 Å². The molecule has 91 valence electrons. The molecule has 0 spiro atoms. The Bertz CT molecular complexity index is 488. The molecule has 0 heterocycles. The monoisotopic (exact) mass is 239 g/mol. The van der Waals surface area contributed by atoms with Crippen molar-refractivity contribution >= 4 is 7.28 Å². The summed E-state index contributed by atoms with van der Waals surface area (Å²) in [6, 6.07) is 17.1. The maximum absolute atomic E-state index is 12.9. The van der Waals surface area contributed by atoms with E-state index in [1.165, 1.54) is 17.7 Å². The third-order valence-corrected chi connectivity index (χ3v) is 3.28. The Morgan fingerprint density at radius 2 is 1.56 bits per heavy atom. The second-order valence-corrected chi connectivity index (χ2v) is 5.12. The molecular formula is C16H17BF. The highest BCUT2D eigenvalue weighted by Crippen LogP contribution is 2.23. The van der Waals surface area contributed by atoms with Crippen molar-refractivity contribution in [3.63, 3.8) is 0 Å². The molecule has 0 saturated carbocycles. The van der Waals surface area contributed by atoms with E-state index in [-0.39, 0.29) is 11.1 Å². The molecular weight excluding hydrogens is 222 g/mol. The molecule has 2 aromatic carbocycles. The number of rotatable bonds is 4. The molecule has 0 aliphatic heterocycles. The van der Waals surface area contributed by atoms with Gasteiger partial charge in [0, 0.05) is 0 Å². The molecule has 1 radical (unpaired) electrons. The minimum Gasteiger partial charge on any atom is -0.207 e. The van der Waals surface area contributed by atoms with Crippen LogP contribution in [-0.4, -0.2) is 7.28 Å². The Hall–Kier alpha value is -1.57. The Kier molecular flexibility index (Phi) is 3.85. The van der Waals surface area contributed by atoms with Crippen molar-refractivity contribution in [3.8, 4) is 0 Å². The van der Waals surface area contributed by atoms with Crippen molar-refractivity contribution in [2.24, 2.45) is 0 Å². The standard InChI is InChI=1S/C16H17BF/c1-16(2,14-8-10-15(18)11-9-14)17-12-13-6-4-3-5-7-13/h3-11H,12H2,1-2H3. The lowest BCUT2D eigenvalue weighted by molar-refractivity contribution is 0.624. The quantitative estimate of drug-likeness (QED) is 0.708. The molecule has 2 rings (SSSR count). The van der Waals surface area contributed by atoms with Crippen LogP contribution in [0.15, 0.2) is 54.6 Å². The van der Waals surface area contributed by atoms with E-state index in [1.807, 2.05) is 30.3 Å². The van der Waals surface area contributed by atoms with Crippen LogP contribution in [0.4, 0.5) is 4.39 Å². The van der Waals surface area contributed by atoms with Gasteiger partial charge in [0.2, 0.25) is 0 Å². The highest BCUT2D eigenvalue weighted by molar-refractivity contribution is 6.39. The fourth-order valence-electron chi connectivity index (χ4n) is 1.98. The molecule has 0 amide bonds. The molecule has 0 unspecified atom stereocenters. The first-order valence-corrected chi connectivity index (χ1v) is 6.22. The maximum Gasteiger partial charge on any atom is 0.128 e. The van der Waals surface area contributed by atoms with Crippen LogP contribution in [0.2, 0.25) is 0 Å². The normalized spacial score (nSPS) is 11.3. The Balaban J connectivity index is 2.05. The fraction of sp³-hybridized carbons (Fsp3) is 0.250. The van der Waals surface area contributed by atoms with E-state index in [4.69, 9.17) is 0 Å². The molecule has 0 aliphatic rings. The van der Waals surface area contributed by atoms with Gasteiger partial charge < -0.3 is 0 Å². The van der Waals surface area contributed by atoms with Crippen molar-refractivity contribution < 1.29 is 4.39 Å². The van der Waals surface area contributed by atoms with Gasteiger partial charge in [0.25, 0.3) is 0 Å². The lowest BCUT2D eigenvalue weighted by Gasteiger charge is -2.24. The number of hydrogen-bond acceptors (Lipinski definition) is 0. The topological polar surface area (TPSA) is 0 Å². The van der Waals surface area contributed by atoms with E-state index >= 15 is 0 Å². The minimum absolute atomic E-state index is 0.0520. The Morgan fingerprint density at radius 3 is 2.17 bits per heavy atom. The SMILES string of the molecule is CC(C)([B]Cc1ccccc1)c1ccc(F)cc1. The van der Waals surface area contributed by atoms with Gasteiger partial charge in [0.15, 0.2) is 0 Å². The van der Waals surface area contributed by atoms with Gasteiger partial charge in [-0.2, -0.15) is 0 Å². The maximum atomic E-state index is 12.9. The van der Waals surface area contributed by atoms with Gasteiger partial charge >= 0.3 is 0 Å². The van der Waals surface area contributed by atoms with Gasteiger partial charge in [-0.15, -0.1) is 0 Å². The summed E-state index contributed by atoms with van der Waals surface area (Å²) < 4.78 is 12.9. The van der Waals surface area contributed by atoms with E-state index in [0.717, 1.165) is 11.9 Å².